The van der Waals surface area contributed by atoms with Crippen molar-refractivity contribution in [3.8, 4) is 0 Å². The summed E-state index contributed by atoms with van der Waals surface area (Å²) < 4.78 is 1.93. The maximum atomic E-state index is 5.81. The predicted molar refractivity (Wildman–Crippen MR) is 62.8 cm³/mol. The minimum Gasteiger partial charge on any atom is -0.328 e. The zero-order chi connectivity index (χ0) is 11.0. The number of nitrogens with two attached hydrogens (primary N) is 1. The van der Waals surface area contributed by atoms with E-state index in [0.29, 0.717) is 0 Å². The normalized spacial score (nSPS) is 13.3. The van der Waals surface area contributed by atoms with Gasteiger partial charge in [-0.2, -0.15) is 5.10 Å². The summed E-state index contributed by atoms with van der Waals surface area (Å²) in [7, 11) is 1.98. The Morgan fingerprint density at radius 1 is 1.47 bits per heavy atom. The average Bonchev–Trinajstić information content (AvgIpc) is 2.42. The Balaban J connectivity index is 2.57. The van der Waals surface area contributed by atoms with E-state index in [1.807, 2.05) is 18.7 Å². The molecule has 0 saturated heterocycles. The molecule has 0 fully saturated rings. The monoisotopic (exact) mass is 203 g/mol. The van der Waals surface area contributed by atoms with Crippen LogP contribution < -0.4 is 5.73 Å². The second-order valence-electron chi connectivity index (χ2n) is 4.27. The third kappa shape index (κ3) is 1.88. The van der Waals surface area contributed by atoms with Crippen molar-refractivity contribution in [1.82, 2.24) is 9.78 Å². The fourth-order valence-electron chi connectivity index (χ4n) is 1.90. The lowest BCUT2D eigenvalue weighted by Crippen LogP contribution is -2.18. The number of hydrogen-bond acceptors (Lipinski definition) is 2. The number of fused-ring (bicyclic) bond motifs is 1. The Hall–Kier alpha value is -1.35. The Bertz CT molecular complexity index is 483. The highest BCUT2D eigenvalue weighted by molar-refractivity contribution is 5.82. The van der Waals surface area contributed by atoms with Gasteiger partial charge in [0.2, 0.25) is 0 Å². The van der Waals surface area contributed by atoms with E-state index >= 15 is 0 Å². The second-order valence-corrected chi connectivity index (χ2v) is 4.27. The largest absolute Gasteiger partial charge is 0.328 e. The fraction of sp³-hybridized carbons (Fsp3) is 0.417. The summed E-state index contributed by atoms with van der Waals surface area (Å²) in [6.07, 6.45) is 0.834. The summed E-state index contributed by atoms with van der Waals surface area (Å²) in [6, 6.07) is 6.57. The van der Waals surface area contributed by atoms with E-state index < -0.39 is 0 Å². The summed E-state index contributed by atoms with van der Waals surface area (Å²) in [6.45, 7) is 4.10. The molecule has 0 bridgehead atoms. The molecule has 3 heteroatoms. The van der Waals surface area contributed by atoms with Crippen molar-refractivity contribution in [2.45, 2.75) is 26.3 Å². The van der Waals surface area contributed by atoms with Gasteiger partial charge in [0.05, 0.1) is 11.2 Å². The molecule has 1 atom stereocenters. The number of rotatable bonds is 2. The Morgan fingerprint density at radius 3 is 2.87 bits per heavy atom. The highest BCUT2D eigenvalue weighted by atomic mass is 15.3. The molecule has 0 saturated carbocycles. The summed E-state index contributed by atoms with van der Waals surface area (Å²) in [5, 5.41) is 5.73. The van der Waals surface area contributed by atoms with Crippen LogP contribution in [0.15, 0.2) is 18.2 Å². The lowest BCUT2D eigenvalue weighted by atomic mass is 10.1. The summed E-state index contributed by atoms with van der Waals surface area (Å²) in [5.74, 6) is 0. The minimum absolute atomic E-state index is 0.157. The molecule has 2 rings (SSSR count). The predicted octanol–water partition coefficient (Wildman–Crippen LogP) is 1.77. The third-order valence-electron chi connectivity index (χ3n) is 2.60. The highest BCUT2D eigenvalue weighted by Gasteiger charge is 2.09. The molecule has 80 valence electrons. The maximum absolute atomic E-state index is 5.81. The van der Waals surface area contributed by atoms with Gasteiger partial charge >= 0.3 is 0 Å². The van der Waals surface area contributed by atoms with Crippen LogP contribution in [0.1, 0.15) is 18.2 Å². The lowest BCUT2D eigenvalue weighted by Gasteiger charge is -2.01. The molecule has 1 aromatic carbocycles. The van der Waals surface area contributed by atoms with Gasteiger partial charge in [-0.1, -0.05) is 12.1 Å². The average molecular weight is 203 g/mol. The van der Waals surface area contributed by atoms with Crippen molar-refractivity contribution in [1.29, 1.82) is 0 Å². The zero-order valence-corrected chi connectivity index (χ0v) is 9.49. The van der Waals surface area contributed by atoms with E-state index in [2.05, 4.69) is 30.2 Å². The second kappa shape index (κ2) is 3.66. The van der Waals surface area contributed by atoms with Gasteiger partial charge in [-0.05, 0) is 25.5 Å². The summed E-state index contributed by atoms with van der Waals surface area (Å²) in [5.41, 5.74) is 9.35. The van der Waals surface area contributed by atoms with Crippen molar-refractivity contribution in [2.75, 3.05) is 0 Å². The number of aryl methyl sites for hydroxylation is 2. The molecule has 0 radical (unpaired) electrons. The van der Waals surface area contributed by atoms with E-state index in [-0.39, 0.29) is 6.04 Å². The first kappa shape index (κ1) is 10.2. The van der Waals surface area contributed by atoms with Crippen LogP contribution in [-0.4, -0.2) is 15.8 Å². The third-order valence-corrected chi connectivity index (χ3v) is 2.60. The molecule has 0 amide bonds. The number of nitrogens with zero attached hydrogens (tertiary/aromatic N) is 2. The molecule has 0 aliphatic rings. The minimum atomic E-state index is 0.157. The SMILES string of the molecule is Cc1ccc2c(CC(C)N)nn(C)c2c1. The van der Waals surface area contributed by atoms with Crippen LogP contribution in [-0.2, 0) is 13.5 Å². The molecule has 3 nitrogen and oxygen atoms in total. The van der Waals surface area contributed by atoms with Crippen LogP contribution in [0.3, 0.4) is 0 Å². The molecule has 1 heterocycles. The van der Waals surface area contributed by atoms with Crippen molar-refractivity contribution < 1.29 is 0 Å². The molecule has 15 heavy (non-hydrogen) atoms. The van der Waals surface area contributed by atoms with Crippen LogP contribution in [0.2, 0.25) is 0 Å². The van der Waals surface area contributed by atoms with E-state index in [0.717, 1.165) is 12.1 Å². The van der Waals surface area contributed by atoms with Crippen molar-refractivity contribution >= 4 is 10.9 Å². The van der Waals surface area contributed by atoms with Gasteiger partial charge in [0, 0.05) is 24.9 Å². The quantitative estimate of drug-likeness (QED) is 0.808. The fourth-order valence-corrected chi connectivity index (χ4v) is 1.90. The van der Waals surface area contributed by atoms with Gasteiger partial charge in [0.1, 0.15) is 0 Å². The first-order valence-electron chi connectivity index (χ1n) is 5.25. The Morgan fingerprint density at radius 2 is 2.20 bits per heavy atom. The molecule has 2 N–H and O–H groups in total. The molecule has 0 spiro atoms. The van der Waals surface area contributed by atoms with Gasteiger partial charge in [0.25, 0.3) is 0 Å². The lowest BCUT2D eigenvalue weighted by molar-refractivity contribution is 0.693. The standard InChI is InChI=1S/C12H17N3/c1-8-4-5-10-11(7-9(2)13)14-15(3)12(10)6-8/h4-6,9H,7,13H2,1-3H3. The topological polar surface area (TPSA) is 43.8 Å². The Kier molecular flexibility index (Phi) is 2.49. The Labute approximate surface area is 89.9 Å². The smallest absolute Gasteiger partial charge is 0.0718 e. The van der Waals surface area contributed by atoms with E-state index in [1.165, 1.54) is 16.5 Å². The molecule has 2 aromatic rings. The van der Waals surface area contributed by atoms with Crippen molar-refractivity contribution in [2.24, 2.45) is 12.8 Å². The number of aromatic nitrogens is 2. The first-order valence-corrected chi connectivity index (χ1v) is 5.25. The first-order chi connectivity index (χ1) is 7.08. The van der Waals surface area contributed by atoms with Crippen LogP contribution in [0.4, 0.5) is 0 Å². The molecule has 0 aliphatic carbocycles. The van der Waals surface area contributed by atoms with E-state index in [1.54, 1.807) is 0 Å². The van der Waals surface area contributed by atoms with E-state index in [4.69, 9.17) is 5.73 Å². The summed E-state index contributed by atoms with van der Waals surface area (Å²) in [4.78, 5) is 0. The van der Waals surface area contributed by atoms with Gasteiger partial charge in [-0.3, -0.25) is 4.68 Å². The molecule has 0 aliphatic heterocycles. The zero-order valence-electron chi connectivity index (χ0n) is 9.49. The summed E-state index contributed by atoms with van der Waals surface area (Å²) >= 11 is 0. The van der Waals surface area contributed by atoms with Crippen LogP contribution in [0, 0.1) is 6.92 Å². The number of hydrogen-bond donors (Lipinski definition) is 1. The van der Waals surface area contributed by atoms with Crippen LogP contribution in [0.5, 0.6) is 0 Å². The van der Waals surface area contributed by atoms with E-state index in [9.17, 15) is 0 Å². The molecule has 1 aromatic heterocycles. The molecular weight excluding hydrogens is 186 g/mol. The van der Waals surface area contributed by atoms with Gasteiger partial charge in [-0.15, -0.1) is 0 Å². The molecule has 1 unspecified atom stereocenters. The van der Waals surface area contributed by atoms with Gasteiger partial charge < -0.3 is 5.73 Å². The number of benzene rings is 1. The van der Waals surface area contributed by atoms with Gasteiger partial charge in [0.15, 0.2) is 0 Å². The van der Waals surface area contributed by atoms with Crippen LogP contribution >= 0.6 is 0 Å². The maximum Gasteiger partial charge on any atom is 0.0718 e. The van der Waals surface area contributed by atoms with Gasteiger partial charge in [-0.25, -0.2) is 0 Å². The van der Waals surface area contributed by atoms with Crippen molar-refractivity contribution in [3.63, 3.8) is 0 Å². The molecular formula is C12H17N3. The van der Waals surface area contributed by atoms with Crippen molar-refractivity contribution in [3.05, 3.63) is 29.5 Å². The highest BCUT2D eigenvalue weighted by Crippen LogP contribution is 2.20. The van der Waals surface area contributed by atoms with Crippen LogP contribution in [0.25, 0.3) is 10.9 Å².